The van der Waals surface area contributed by atoms with Gasteiger partial charge in [0.05, 0.1) is 24.3 Å². The van der Waals surface area contributed by atoms with E-state index in [1.807, 2.05) is 0 Å². The van der Waals surface area contributed by atoms with Crippen LogP contribution in [-0.2, 0) is 17.1 Å². The molecule has 2 saturated heterocycles. The molecule has 4 amide bonds. The molecule has 0 spiro atoms. The zero-order valence-electron chi connectivity index (χ0n) is 22.4. The average Bonchev–Trinajstić information content (AvgIpc) is 3.39. The van der Waals surface area contributed by atoms with Crippen LogP contribution in [0, 0.1) is 5.82 Å². The van der Waals surface area contributed by atoms with Crippen LogP contribution in [0.3, 0.4) is 0 Å². The molecule has 2 heterocycles. The summed E-state index contributed by atoms with van der Waals surface area (Å²) < 4.78 is 108. The van der Waals surface area contributed by atoms with E-state index in [4.69, 9.17) is 9.47 Å². The molecule has 2 fully saturated rings. The summed E-state index contributed by atoms with van der Waals surface area (Å²) in [5, 5.41) is 0. The monoisotopic (exact) mass is 606 g/mol. The zero-order valence-corrected chi connectivity index (χ0v) is 22.4. The fourth-order valence-corrected chi connectivity index (χ4v) is 4.61. The predicted molar refractivity (Wildman–Crippen MR) is 134 cm³/mol. The van der Waals surface area contributed by atoms with Crippen LogP contribution in [0.1, 0.15) is 25.0 Å². The number of urea groups is 1. The minimum atomic E-state index is -5.44. The number of rotatable bonds is 6. The number of carbonyl (C=O) groups excluding carboxylic acids is 3. The van der Waals surface area contributed by atoms with Crippen molar-refractivity contribution in [2.24, 2.45) is 0 Å². The first-order valence-corrected chi connectivity index (χ1v) is 12.5. The predicted octanol–water partition coefficient (Wildman–Crippen LogP) is 5.97. The molecule has 0 aromatic heterocycles. The summed E-state index contributed by atoms with van der Waals surface area (Å²) in [6.07, 6.45) is -13.5. The summed E-state index contributed by atoms with van der Waals surface area (Å²) in [6, 6.07) is 2.72. The Kier molecular flexibility index (Phi) is 8.20. The number of benzene rings is 2. The SMILES string of the molecule is CC(C)N(C(=O)Oc1c(N2CCN(CC3CN(C)C(=O)O3)C2=O)cc(C(F)(F)F)cc1C(F)(F)F)c1ccc(F)cc1. The van der Waals surface area contributed by atoms with Gasteiger partial charge in [-0.2, -0.15) is 26.3 Å². The highest BCUT2D eigenvalue weighted by Crippen LogP contribution is 2.47. The number of amides is 4. The maximum atomic E-state index is 14.2. The van der Waals surface area contributed by atoms with Crippen molar-refractivity contribution in [1.29, 1.82) is 0 Å². The lowest BCUT2D eigenvalue weighted by molar-refractivity contribution is -0.143. The molecule has 1 atom stereocenters. The fourth-order valence-electron chi connectivity index (χ4n) is 4.61. The van der Waals surface area contributed by atoms with Gasteiger partial charge in [0.15, 0.2) is 5.75 Å². The lowest BCUT2D eigenvalue weighted by atomic mass is 10.1. The van der Waals surface area contributed by atoms with Crippen LogP contribution in [0.4, 0.5) is 56.5 Å². The number of likely N-dealkylation sites (N-methyl/N-ethyl adjacent to an activating group) is 1. The lowest BCUT2D eigenvalue weighted by Crippen LogP contribution is -2.40. The molecule has 228 valence electrons. The second kappa shape index (κ2) is 11.2. The van der Waals surface area contributed by atoms with Crippen LogP contribution in [0.25, 0.3) is 0 Å². The van der Waals surface area contributed by atoms with Gasteiger partial charge < -0.3 is 19.3 Å². The van der Waals surface area contributed by atoms with E-state index >= 15 is 0 Å². The molecular formula is C26H25F7N4O5. The summed E-state index contributed by atoms with van der Waals surface area (Å²) in [5.41, 5.74) is -4.54. The number of alkyl halides is 6. The molecule has 0 aliphatic carbocycles. The van der Waals surface area contributed by atoms with Crippen LogP contribution >= 0.6 is 0 Å². The van der Waals surface area contributed by atoms with Crippen molar-refractivity contribution in [3.05, 3.63) is 53.3 Å². The fraction of sp³-hybridized carbons (Fsp3) is 0.423. The standard InChI is InChI=1S/C26H25F7N4O5/c1-14(2)37(17-6-4-16(27)5-7-17)24(40)42-21-19(26(31,32)33)10-15(25(28,29)30)11-20(21)36-9-8-35(22(36)38)13-18-12-34(3)23(39)41-18/h4-7,10-11,14,18H,8-9,12-13H2,1-3H3. The second-order valence-corrected chi connectivity index (χ2v) is 9.94. The van der Waals surface area contributed by atoms with Gasteiger partial charge in [-0.3, -0.25) is 9.80 Å². The van der Waals surface area contributed by atoms with Crippen LogP contribution in [-0.4, -0.2) is 73.4 Å². The first-order chi connectivity index (χ1) is 19.5. The van der Waals surface area contributed by atoms with Gasteiger partial charge in [-0.15, -0.1) is 0 Å². The molecule has 2 aliphatic rings. The third kappa shape index (κ3) is 6.31. The summed E-state index contributed by atoms with van der Waals surface area (Å²) in [4.78, 5) is 42.1. The molecule has 2 aromatic rings. The van der Waals surface area contributed by atoms with Gasteiger partial charge in [-0.25, -0.2) is 18.8 Å². The molecule has 0 N–H and O–H groups in total. The molecule has 0 bridgehead atoms. The Labute approximate surface area is 234 Å². The Morgan fingerprint density at radius 1 is 1.05 bits per heavy atom. The van der Waals surface area contributed by atoms with E-state index in [9.17, 15) is 45.1 Å². The van der Waals surface area contributed by atoms with Crippen molar-refractivity contribution in [2.45, 2.75) is 38.3 Å². The Morgan fingerprint density at radius 2 is 1.69 bits per heavy atom. The van der Waals surface area contributed by atoms with Crippen LogP contribution in [0.15, 0.2) is 36.4 Å². The maximum absolute atomic E-state index is 14.2. The number of halogens is 7. The van der Waals surface area contributed by atoms with Crippen LogP contribution in [0.5, 0.6) is 5.75 Å². The second-order valence-electron chi connectivity index (χ2n) is 9.94. The van der Waals surface area contributed by atoms with E-state index in [-0.39, 0.29) is 37.9 Å². The van der Waals surface area contributed by atoms with E-state index in [0.29, 0.717) is 11.0 Å². The number of carbonyl (C=O) groups is 3. The average molecular weight is 606 g/mol. The first-order valence-electron chi connectivity index (χ1n) is 12.5. The quantitative estimate of drug-likeness (QED) is 0.379. The van der Waals surface area contributed by atoms with Crippen LogP contribution in [0.2, 0.25) is 0 Å². The minimum absolute atomic E-state index is 0.0397. The van der Waals surface area contributed by atoms with Crippen molar-refractivity contribution in [1.82, 2.24) is 9.80 Å². The van der Waals surface area contributed by atoms with Gasteiger partial charge in [0, 0.05) is 31.9 Å². The maximum Gasteiger partial charge on any atom is 0.420 e. The van der Waals surface area contributed by atoms with Gasteiger partial charge >= 0.3 is 30.6 Å². The number of hydrogen-bond donors (Lipinski definition) is 0. The van der Waals surface area contributed by atoms with Crippen molar-refractivity contribution in [3.63, 3.8) is 0 Å². The summed E-state index contributed by atoms with van der Waals surface area (Å²) >= 11 is 0. The van der Waals surface area contributed by atoms with E-state index < -0.39 is 71.1 Å². The highest BCUT2D eigenvalue weighted by atomic mass is 19.4. The molecule has 16 heteroatoms. The van der Waals surface area contributed by atoms with Crippen molar-refractivity contribution in [2.75, 3.05) is 43.0 Å². The highest BCUT2D eigenvalue weighted by molar-refractivity contribution is 5.98. The first kappa shape index (κ1) is 30.7. The van der Waals surface area contributed by atoms with Gasteiger partial charge in [0.25, 0.3) is 0 Å². The minimum Gasteiger partial charge on any atom is -0.442 e. The number of anilines is 2. The Balaban J connectivity index is 1.76. The van der Waals surface area contributed by atoms with E-state index in [0.717, 1.165) is 21.9 Å². The molecule has 42 heavy (non-hydrogen) atoms. The van der Waals surface area contributed by atoms with Crippen molar-refractivity contribution < 1.29 is 54.6 Å². The van der Waals surface area contributed by atoms with E-state index in [1.54, 1.807) is 0 Å². The van der Waals surface area contributed by atoms with Gasteiger partial charge in [0.2, 0.25) is 0 Å². The van der Waals surface area contributed by atoms with Gasteiger partial charge in [-0.1, -0.05) is 0 Å². The number of nitrogens with zero attached hydrogens (tertiary/aromatic N) is 4. The Hall–Kier alpha value is -4.24. The molecular weight excluding hydrogens is 581 g/mol. The molecule has 1 unspecified atom stereocenters. The van der Waals surface area contributed by atoms with Crippen molar-refractivity contribution >= 4 is 29.6 Å². The van der Waals surface area contributed by atoms with Crippen molar-refractivity contribution in [3.8, 4) is 5.75 Å². The summed E-state index contributed by atoms with van der Waals surface area (Å²) in [7, 11) is 1.45. The number of ether oxygens (including phenoxy) is 2. The smallest absolute Gasteiger partial charge is 0.420 e. The molecule has 4 rings (SSSR count). The zero-order chi connectivity index (χ0) is 31.1. The Morgan fingerprint density at radius 3 is 2.21 bits per heavy atom. The van der Waals surface area contributed by atoms with E-state index in [2.05, 4.69) is 0 Å². The summed E-state index contributed by atoms with van der Waals surface area (Å²) in [6.45, 7) is 2.43. The third-order valence-corrected chi connectivity index (χ3v) is 6.58. The highest BCUT2D eigenvalue weighted by Gasteiger charge is 2.45. The molecule has 0 radical (unpaired) electrons. The normalized spacial score (nSPS) is 17.8. The Bertz CT molecular complexity index is 1360. The number of cyclic esters (lactones) is 1. The van der Waals surface area contributed by atoms with Crippen LogP contribution < -0.4 is 14.5 Å². The number of hydrogen-bond acceptors (Lipinski definition) is 5. The third-order valence-electron chi connectivity index (χ3n) is 6.58. The van der Waals surface area contributed by atoms with Gasteiger partial charge in [-0.05, 0) is 50.2 Å². The van der Waals surface area contributed by atoms with E-state index in [1.165, 1.54) is 37.9 Å². The molecule has 9 nitrogen and oxygen atoms in total. The summed E-state index contributed by atoms with van der Waals surface area (Å²) in [5.74, 6) is -1.97. The molecule has 0 saturated carbocycles. The largest absolute Gasteiger partial charge is 0.442 e. The van der Waals surface area contributed by atoms with Gasteiger partial charge in [0.1, 0.15) is 17.5 Å². The lowest BCUT2D eigenvalue weighted by Gasteiger charge is -2.29. The molecule has 2 aliphatic heterocycles. The topological polar surface area (TPSA) is 82.6 Å². The molecule has 2 aromatic carbocycles.